The van der Waals surface area contributed by atoms with E-state index in [-0.39, 0.29) is 0 Å². The van der Waals surface area contributed by atoms with Gasteiger partial charge >= 0.3 is 0 Å². The number of imidazole rings is 1. The molecule has 0 spiro atoms. The van der Waals surface area contributed by atoms with E-state index in [1.54, 1.807) is 12.5 Å². The molecule has 0 amide bonds. The van der Waals surface area contributed by atoms with Crippen molar-refractivity contribution in [2.24, 2.45) is 0 Å². The topological polar surface area (TPSA) is 68.8 Å². The molecule has 5 heteroatoms. The fraction of sp³-hybridized carbons (Fsp3) is 0.143. The van der Waals surface area contributed by atoms with Crippen molar-refractivity contribution < 1.29 is 0 Å². The van der Waals surface area contributed by atoms with Gasteiger partial charge in [-0.05, 0) is 30.3 Å². The molecule has 0 aliphatic rings. The molecule has 0 saturated heterocycles. The number of pyridine rings is 1. The molecule has 2 aromatic heterocycles. The van der Waals surface area contributed by atoms with E-state index in [4.69, 9.17) is 5.73 Å². The zero-order valence-corrected chi connectivity index (χ0v) is 10.5. The van der Waals surface area contributed by atoms with Gasteiger partial charge in [-0.3, -0.25) is 0 Å². The van der Waals surface area contributed by atoms with Crippen molar-refractivity contribution in [1.29, 1.82) is 0 Å². The number of fused-ring (bicyclic) bond motifs is 1. The largest absolute Gasteiger partial charge is 0.399 e. The van der Waals surface area contributed by atoms with Gasteiger partial charge in [-0.2, -0.15) is 0 Å². The van der Waals surface area contributed by atoms with Crippen molar-refractivity contribution in [2.45, 2.75) is 6.54 Å². The smallest absolute Gasteiger partial charge is 0.126 e. The third kappa shape index (κ3) is 2.65. The first-order chi connectivity index (χ1) is 9.31. The van der Waals surface area contributed by atoms with Crippen molar-refractivity contribution in [3.63, 3.8) is 0 Å². The minimum atomic E-state index is 0.759. The molecule has 1 aromatic carbocycles. The number of aromatic nitrogens is 3. The molecule has 0 saturated carbocycles. The average molecular weight is 253 g/mol. The van der Waals surface area contributed by atoms with Crippen LogP contribution in [-0.2, 0) is 6.54 Å². The lowest BCUT2D eigenvalue weighted by atomic mass is 10.2. The number of nitrogens with two attached hydrogens (primary N) is 1. The minimum Gasteiger partial charge on any atom is -0.399 e. The van der Waals surface area contributed by atoms with Gasteiger partial charge in [0.1, 0.15) is 5.82 Å². The van der Waals surface area contributed by atoms with E-state index in [0.29, 0.717) is 0 Å². The molecular formula is C14H15N5. The van der Waals surface area contributed by atoms with Gasteiger partial charge in [0, 0.05) is 36.6 Å². The molecule has 2 heterocycles. The zero-order chi connectivity index (χ0) is 13.1. The molecule has 0 unspecified atom stereocenters. The number of benzene rings is 1. The van der Waals surface area contributed by atoms with Gasteiger partial charge in [0.15, 0.2) is 0 Å². The van der Waals surface area contributed by atoms with Crippen molar-refractivity contribution in [2.75, 3.05) is 17.6 Å². The quantitative estimate of drug-likeness (QED) is 0.699. The summed E-state index contributed by atoms with van der Waals surface area (Å²) in [4.78, 5) is 8.55. The standard InChI is InChI=1S/C14H15N5/c15-12-2-3-13-11(9-12)1-4-14(18-13)17-6-8-19-7-5-16-10-19/h1-5,7,9-10H,6,8,15H2,(H,17,18). The van der Waals surface area contributed by atoms with Crippen LogP contribution < -0.4 is 11.1 Å². The van der Waals surface area contributed by atoms with Gasteiger partial charge in [0.25, 0.3) is 0 Å². The maximum absolute atomic E-state index is 5.74. The number of rotatable bonds is 4. The van der Waals surface area contributed by atoms with E-state index in [9.17, 15) is 0 Å². The lowest BCUT2D eigenvalue weighted by Gasteiger charge is -2.07. The summed E-state index contributed by atoms with van der Waals surface area (Å²) in [5, 5.41) is 4.35. The Morgan fingerprint density at radius 3 is 3.00 bits per heavy atom. The van der Waals surface area contributed by atoms with E-state index in [1.807, 2.05) is 41.1 Å². The maximum atomic E-state index is 5.74. The Morgan fingerprint density at radius 1 is 1.21 bits per heavy atom. The first-order valence-electron chi connectivity index (χ1n) is 6.17. The van der Waals surface area contributed by atoms with Crippen molar-refractivity contribution in [3.8, 4) is 0 Å². The highest BCUT2D eigenvalue weighted by Gasteiger charge is 1.98. The lowest BCUT2D eigenvalue weighted by molar-refractivity contribution is 0.725. The van der Waals surface area contributed by atoms with Crippen molar-refractivity contribution in [3.05, 3.63) is 49.1 Å². The van der Waals surface area contributed by atoms with Gasteiger partial charge in [0.2, 0.25) is 0 Å². The molecule has 0 aliphatic heterocycles. The van der Waals surface area contributed by atoms with Gasteiger partial charge in [-0.25, -0.2) is 9.97 Å². The van der Waals surface area contributed by atoms with Crippen LogP contribution in [-0.4, -0.2) is 21.1 Å². The summed E-state index contributed by atoms with van der Waals surface area (Å²) in [5.74, 6) is 0.873. The first kappa shape index (κ1) is 11.5. The van der Waals surface area contributed by atoms with Crippen LogP contribution in [0.4, 0.5) is 11.5 Å². The second kappa shape index (κ2) is 4.97. The zero-order valence-electron chi connectivity index (χ0n) is 10.5. The number of anilines is 2. The summed E-state index contributed by atoms with van der Waals surface area (Å²) < 4.78 is 2.02. The van der Waals surface area contributed by atoms with Crippen LogP contribution in [0.3, 0.4) is 0 Å². The SMILES string of the molecule is Nc1ccc2nc(NCCn3ccnc3)ccc2c1. The third-order valence-corrected chi connectivity index (χ3v) is 2.95. The van der Waals surface area contributed by atoms with E-state index in [0.717, 1.165) is 35.5 Å². The molecule has 3 aromatic rings. The Kier molecular flexibility index (Phi) is 3.02. The van der Waals surface area contributed by atoms with Crippen molar-refractivity contribution in [1.82, 2.24) is 14.5 Å². The molecule has 3 rings (SSSR count). The molecule has 0 radical (unpaired) electrons. The Morgan fingerprint density at radius 2 is 2.16 bits per heavy atom. The molecule has 96 valence electrons. The predicted octanol–water partition coefficient (Wildman–Crippen LogP) is 2.13. The summed E-state index contributed by atoms with van der Waals surface area (Å²) in [6, 6.07) is 9.72. The second-order valence-corrected chi connectivity index (χ2v) is 4.38. The first-order valence-corrected chi connectivity index (χ1v) is 6.17. The highest BCUT2D eigenvalue weighted by Crippen LogP contribution is 2.17. The average Bonchev–Trinajstić information content (AvgIpc) is 2.92. The summed E-state index contributed by atoms with van der Waals surface area (Å²) in [6.07, 6.45) is 5.52. The van der Waals surface area contributed by atoms with Crippen LogP contribution >= 0.6 is 0 Å². The van der Waals surface area contributed by atoms with E-state index in [2.05, 4.69) is 15.3 Å². The number of nitrogen functional groups attached to an aromatic ring is 1. The van der Waals surface area contributed by atoms with Gasteiger partial charge < -0.3 is 15.6 Å². The molecule has 0 atom stereocenters. The van der Waals surface area contributed by atoms with E-state index >= 15 is 0 Å². The van der Waals surface area contributed by atoms with Crippen LogP contribution in [0.5, 0.6) is 0 Å². The highest BCUT2D eigenvalue weighted by atomic mass is 15.1. The number of hydrogen-bond acceptors (Lipinski definition) is 4. The molecule has 3 N–H and O–H groups in total. The Bertz CT molecular complexity index is 675. The monoisotopic (exact) mass is 253 g/mol. The van der Waals surface area contributed by atoms with Crippen LogP contribution in [0.25, 0.3) is 10.9 Å². The van der Waals surface area contributed by atoms with Crippen LogP contribution in [0, 0.1) is 0 Å². The molecule has 19 heavy (non-hydrogen) atoms. The predicted molar refractivity (Wildman–Crippen MR) is 76.9 cm³/mol. The van der Waals surface area contributed by atoms with Gasteiger partial charge in [-0.15, -0.1) is 0 Å². The van der Waals surface area contributed by atoms with E-state index in [1.165, 1.54) is 0 Å². The minimum absolute atomic E-state index is 0.759. The van der Waals surface area contributed by atoms with Crippen LogP contribution in [0.15, 0.2) is 49.1 Å². The highest BCUT2D eigenvalue weighted by molar-refractivity contribution is 5.83. The molecular weight excluding hydrogens is 238 g/mol. The lowest BCUT2D eigenvalue weighted by Crippen LogP contribution is -2.10. The summed E-state index contributed by atoms with van der Waals surface area (Å²) >= 11 is 0. The maximum Gasteiger partial charge on any atom is 0.126 e. The van der Waals surface area contributed by atoms with Crippen LogP contribution in [0.1, 0.15) is 0 Å². The molecule has 0 aliphatic carbocycles. The molecule has 0 bridgehead atoms. The summed E-state index contributed by atoms with van der Waals surface area (Å²) in [7, 11) is 0. The fourth-order valence-electron chi connectivity index (χ4n) is 1.97. The number of nitrogens with one attached hydrogen (secondary N) is 1. The fourth-order valence-corrected chi connectivity index (χ4v) is 1.97. The Balaban J connectivity index is 1.69. The summed E-state index contributed by atoms with van der Waals surface area (Å²) in [5.41, 5.74) is 7.45. The molecule has 0 fully saturated rings. The van der Waals surface area contributed by atoms with E-state index < -0.39 is 0 Å². The van der Waals surface area contributed by atoms with Crippen LogP contribution in [0.2, 0.25) is 0 Å². The number of nitrogens with zero attached hydrogens (tertiary/aromatic N) is 3. The Labute approximate surface area is 111 Å². The molecule has 5 nitrogen and oxygen atoms in total. The number of hydrogen-bond donors (Lipinski definition) is 2. The third-order valence-electron chi connectivity index (χ3n) is 2.95. The summed E-state index contributed by atoms with van der Waals surface area (Å²) in [6.45, 7) is 1.67. The van der Waals surface area contributed by atoms with Gasteiger partial charge in [0.05, 0.1) is 11.8 Å². The Hall–Kier alpha value is -2.56. The van der Waals surface area contributed by atoms with Gasteiger partial charge in [-0.1, -0.05) is 0 Å². The van der Waals surface area contributed by atoms with Crippen molar-refractivity contribution >= 4 is 22.4 Å². The normalized spacial score (nSPS) is 10.7. The second-order valence-electron chi connectivity index (χ2n) is 4.38.